The van der Waals surface area contributed by atoms with Crippen molar-refractivity contribution < 1.29 is 47.8 Å². The van der Waals surface area contributed by atoms with E-state index in [1.54, 1.807) is 30.3 Å². The molecule has 2 aliphatic heterocycles. The number of benzene rings is 1. The third-order valence-corrected chi connectivity index (χ3v) is 9.96. The molecule has 2 aliphatic rings. The fraction of sp³-hybridized carbons (Fsp3) is 0.733. The lowest BCUT2D eigenvalue weighted by molar-refractivity contribution is -0.144. The second kappa shape index (κ2) is 14.9. The van der Waals surface area contributed by atoms with E-state index in [4.69, 9.17) is 24.1 Å². The first-order valence-corrected chi connectivity index (χ1v) is 16.0. The van der Waals surface area contributed by atoms with Crippen LogP contribution in [0.5, 0.6) is 0 Å². The van der Waals surface area contributed by atoms with Crippen LogP contribution in [-0.4, -0.2) is 103 Å². The van der Waals surface area contributed by atoms with Gasteiger partial charge in [-0.3, -0.25) is 0 Å². The first-order valence-electron chi connectivity index (χ1n) is 14.4. The lowest BCUT2D eigenvalue weighted by Crippen LogP contribution is -2.37. The maximum atomic E-state index is 13.4. The average molecular weight is 601 g/mol. The molecule has 0 spiro atoms. The molecule has 11 heteroatoms. The Balaban J connectivity index is 1.73. The molecule has 9 atom stereocenters. The van der Waals surface area contributed by atoms with Crippen molar-refractivity contribution in [3.05, 3.63) is 42.5 Å². The number of hydrogen-bond acceptors (Lipinski definition) is 10. The van der Waals surface area contributed by atoms with Gasteiger partial charge in [0.25, 0.3) is 0 Å². The highest BCUT2D eigenvalue weighted by Crippen LogP contribution is 2.39. The van der Waals surface area contributed by atoms with Crippen LogP contribution < -0.4 is 0 Å². The van der Waals surface area contributed by atoms with Gasteiger partial charge in [-0.15, -0.1) is 0 Å². The lowest BCUT2D eigenvalue weighted by atomic mass is 9.86. The van der Waals surface area contributed by atoms with Crippen LogP contribution in [0.4, 0.5) is 0 Å². The minimum Gasteiger partial charge on any atom is -0.394 e. The van der Waals surface area contributed by atoms with E-state index in [1.165, 1.54) is 7.11 Å². The fourth-order valence-corrected chi connectivity index (χ4v) is 7.48. The summed E-state index contributed by atoms with van der Waals surface area (Å²) < 4.78 is 50.8. The number of sulfone groups is 1. The predicted octanol–water partition coefficient (Wildman–Crippen LogP) is 2.23. The SMILES string of the molecule is C=C(C(C)C[C@H](O)CC[C@H](O)CO)C(O)C[C@@H]1O[C@H](CC2COC(C)(C)O2)[C@H](OC)[C@H]1CS(=O)(=O)c1ccccc1. The van der Waals surface area contributed by atoms with Gasteiger partial charge in [0.1, 0.15) is 0 Å². The maximum absolute atomic E-state index is 13.4. The summed E-state index contributed by atoms with van der Waals surface area (Å²) in [6.07, 6.45) is -3.08. The van der Waals surface area contributed by atoms with Gasteiger partial charge in [-0.05, 0) is 56.7 Å². The number of hydrogen-bond donors (Lipinski definition) is 4. The molecule has 2 saturated heterocycles. The molecule has 234 valence electrons. The molecule has 0 aliphatic carbocycles. The van der Waals surface area contributed by atoms with E-state index in [0.29, 0.717) is 31.4 Å². The van der Waals surface area contributed by atoms with Crippen molar-refractivity contribution in [2.24, 2.45) is 11.8 Å². The smallest absolute Gasteiger partial charge is 0.178 e. The van der Waals surface area contributed by atoms with Crippen molar-refractivity contribution in [2.75, 3.05) is 26.1 Å². The van der Waals surface area contributed by atoms with Crippen LogP contribution in [0, 0.1) is 11.8 Å². The van der Waals surface area contributed by atoms with Crippen LogP contribution in [0.3, 0.4) is 0 Å². The van der Waals surface area contributed by atoms with Crippen LogP contribution in [0.2, 0.25) is 0 Å². The van der Waals surface area contributed by atoms with Gasteiger partial charge in [-0.1, -0.05) is 31.7 Å². The Morgan fingerprint density at radius 2 is 1.78 bits per heavy atom. The minimum atomic E-state index is -3.68. The molecule has 3 rings (SSSR count). The number of aliphatic hydroxyl groups is 4. The van der Waals surface area contributed by atoms with Gasteiger partial charge in [0.05, 0.1) is 66.6 Å². The predicted molar refractivity (Wildman–Crippen MR) is 153 cm³/mol. The molecule has 0 bridgehead atoms. The van der Waals surface area contributed by atoms with Crippen molar-refractivity contribution in [3.63, 3.8) is 0 Å². The molecule has 0 amide bonds. The van der Waals surface area contributed by atoms with E-state index in [2.05, 4.69) is 6.58 Å². The van der Waals surface area contributed by atoms with Crippen molar-refractivity contribution >= 4 is 9.84 Å². The Kier molecular flexibility index (Phi) is 12.3. The van der Waals surface area contributed by atoms with Crippen LogP contribution >= 0.6 is 0 Å². The number of rotatable bonds is 16. The molecule has 41 heavy (non-hydrogen) atoms. The quantitative estimate of drug-likeness (QED) is 0.208. The van der Waals surface area contributed by atoms with Crippen LogP contribution in [-0.2, 0) is 28.8 Å². The third kappa shape index (κ3) is 9.54. The molecule has 4 N–H and O–H groups in total. The van der Waals surface area contributed by atoms with E-state index in [0.717, 1.165) is 0 Å². The number of methoxy groups -OCH3 is 1. The van der Waals surface area contributed by atoms with Crippen molar-refractivity contribution in [2.45, 2.75) is 106 Å². The molecule has 0 aromatic heterocycles. The third-order valence-electron chi connectivity index (χ3n) is 8.15. The van der Waals surface area contributed by atoms with E-state index < -0.39 is 58.2 Å². The van der Waals surface area contributed by atoms with Crippen molar-refractivity contribution in [1.29, 1.82) is 0 Å². The summed E-state index contributed by atoms with van der Waals surface area (Å²) in [5.41, 5.74) is 0.506. The van der Waals surface area contributed by atoms with E-state index in [-0.39, 0.29) is 42.1 Å². The largest absolute Gasteiger partial charge is 0.394 e. The first-order chi connectivity index (χ1) is 19.3. The number of aliphatic hydroxyl groups excluding tert-OH is 4. The summed E-state index contributed by atoms with van der Waals surface area (Å²) in [6, 6.07) is 8.25. The fourth-order valence-electron chi connectivity index (χ4n) is 5.81. The highest BCUT2D eigenvalue weighted by atomic mass is 32.2. The van der Waals surface area contributed by atoms with E-state index in [9.17, 15) is 23.7 Å². The summed E-state index contributed by atoms with van der Waals surface area (Å²) in [7, 11) is -2.15. The molecule has 10 nitrogen and oxygen atoms in total. The van der Waals surface area contributed by atoms with Crippen LogP contribution in [0.25, 0.3) is 0 Å². The molecular formula is C30H48O10S. The van der Waals surface area contributed by atoms with E-state index >= 15 is 0 Å². The van der Waals surface area contributed by atoms with E-state index in [1.807, 2.05) is 20.8 Å². The highest BCUT2D eigenvalue weighted by Gasteiger charge is 2.49. The van der Waals surface area contributed by atoms with Gasteiger partial charge >= 0.3 is 0 Å². The van der Waals surface area contributed by atoms with Crippen molar-refractivity contribution in [3.8, 4) is 0 Å². The van der Waals surface area contributed by atoms with Crippen molar-refractivity contribution in [1.82, 2.24) is 0 Å². The Morgan fingerprint density at radius 3 is 2.37 bits per heavy atom. The maximum Gasteiger partial charge on any atom is 0.178 e. The first kappa shape index (κ1) is 34.1. The second-order valence-electron chi connectivity index (χ2n) is 11.9. The Hall–Kier alpha value is -1.41. The Morgan fingerprint density at radius 1 is 1.12 bits per heavy atom. The minimum absolute atomic E-state index is 0.112. The summed E-state index contributed by atoms with van der Waals surface area (Å²) in [4.78, 5) is 0.213. The normalized spacial score (nSPS) is 29.2. The second-order valence-corrected chi connectivity index (χ2v) is 13.9. The summed E-state index contributed by atoms with van der Waals surface area (Å²) >= 11 is 0. The van der Waals surface area contributed by atoms with Gasteiger partial charge < -0.3 is 39.4 Å². The zero-order valence-electron chi connectivity index (χ0n) is 24.6. The zero-order valence-corrected chi connectivity index (χ0v) is 25.4. The van der Waals surface area contributed by atoms with Gasteiger partial charge in [-0.25, -0.2) is 8.42 Å². The molecule has 0 saturated carbocycles. The molecule has 2 heterocycles. The van der Waals surface area contributed by atoms with Crippen LogP contribution in [0.1, 0.15) is 52.9 Å². The summed E-state index contributed by atoms with van der Waals surface area (Å²) in [5, 5.41) is 40.1. The number of ether oxygens (including phenoxy) is 4. The van der Waals surface area contributed by atoms with Gasteiger partial charge in [0, 0.05) is 25.9 Å². The highest BCUT2D eigenvalue weighted by molar-refractivity contribution is 7.91. The molecule has 0 radical (unpaired) electrons. The van der Waals surface area contributed by atoms with Gasteiger partial charge in [0.2, 0.25) is 0 Å². The molecule has 3 unspecified atom stereocenters. The standard InChI is InChI=1S/C30H48O10S/c1-19(13-21(32)11-12-22(33)16-31)20(2)26(34)15-27-25(18-41(35,36)24-9-7-6-8-10-24)29(37-5)28(39-27)14-23-17-38-30(3,4)40-23/h6-10,19,21-23,25-29,31-34H,2,11-18H2,1,3-5H3/t19?,21-,22+,23?,25+,26?,27+,28-,29-/m1/s1. The lowest BCUT2D eigenvalue weighted by Gasteiger charge is -2.27. The summed E-state index contributed by atoms with van der Waals surface area (Å²) in [6.45, 7) is 9.62. The Labute approximate surface area is 244 Å². The molecule has 1 aromatic rings. The molecule has 1 aromatic carbocycles. The van der Waals surface area contributed by atoms with Crippen LogP contribution in [0.15, 0.2) is 47.4 Å². The topological polar surface area (TPSA) is 152 Å². The monoisotopic (exact) mass is 600 g/mol. The van der Waals surface area contributed by atoms with Gasteiger partial charge in [-0.2, -0.15) is 0 Å². The Bertz CT molecular complexity index is 1060. The zero-order chi connectivity index (χ0) is 30.4. The summed E-state index contributed by atoms with van der Waals surface area (Å²) in [5.74, 6) is -1.75. The van der Waals surface area contributed by atoms with Gasteiger partial charge in [0.15, 0.2) is 15.6 Å². The average Bonchev–Trinajstić information content (AvgIpc) is 3.43. The molecule has 2 fully saturated rings. The molecular weight excluding hydrogens is 552 g/mol.